The average Bonchev–Trinajstić information content (AvgIpc) is 2.73. The summed E-state index contributed by atoms with van der Waals surface area (Å²) >= 11 is 0. The highest BCUT2D eigenvalue weighted by molar-refractivity contribution is 7.91. The highest BCUT2D eigenvalue weighted by Crippen LogP contribution is 2.27. The standard InChI is InChI=1S/C20H25FN6O6S/c1-12(28)27(16(19(30)31)7-4-9-25-20(22)23)15-8-10-24-18(29)17(15)26-34(32,33)11-13-5-2-3-6-14(13)21/h2-3,5-6,8,10,16,26H,4,7,9,11H2,1H3,(H,24,29)(H,30,31)(H4,22,23,25)/t16-/m0/s1. The van der Waals surface area contributed by atoms with Crippen LogP contribution >= 0.6 is 0 Å². The Hall–Kier alpha value is -3.94. The quantitative estimate of drug-likeness (QED) is 0.166. The van der Waals surface area contributed by atoms with Crippen LogP contribution < -0.4 is 26.6 Å². The molecule has 0 aliphatic carbocycles. The molecule has 0 aliphatic rings. The summed E-state index contributed by atoms with van der Waals surface area (Å²) in [5, 5.41) is 9.74. The summed E-state index contributed by atoms with van der Waals surface area (Å²) in [6, 6.07) is 4.93. The summed E-state index contributed by atoms with van der Waals surface area (Å²) in [6.45, 7) is 1.17. The number of aliphatic imine (C=N–C) groups is 1. The number of guanidine groups is 1. The molecule has 1 aromatic carbocycles. The summed E-state index contributed by atoms with van der Waals surface area (Å²) < 4.78 is 41.4. The number of carboxylic acids is 1. The van der Waals surface area contributed by atoms with E-state index in [9.17, 15) is 32.3 Å². The van der Waals surface area contributed by atoms with E-state index in [1.807, 2.05) is 0 Å². The molecule has 0 unspecified atom stereocenters. The Kier molecular flexibility index (Phi) is 8.72. The molecule has 0 radical (unpaired) electrons. The van der Waals surface area contributed by atoms with Crippen molar-refractivity contribution in [2.75, 3.05) is 16.2 Å². The number of H-pyrrole nitrogens is 1. The van der Waals surface area contributed by atoms with Crippen LogP contribution in [-0.4, -0.2) is 48.9 Å². The molecule has 1 amide bonds. The van der Waals surface area contributed by atoms with E-state index < -0.39 is 50.8 Å². The van der Waals surface area contributed by atoms with Crippen LogP contribution in [0.2, 0.25) is 0 Å². The minimum absolute atomic E-state index is 0.0926. The van der Waals surface area contributed by atoms with Crippen molar-refractivity contribution in [1.82, 2.24) is 4.98 Å². The Morgan fingerprint density at radius 1 is 1.26 bits per heavy atom. The molecule has 0 aliphatic heterocycles. The molecule has 14 heteroatoms. The van der Waals surface area contributed by atoms with Gasteiger partial charge in [0.1, 0.15) is 17.5 Å². The van der Waals surface area contributed by atoms with Gasteiger partial charge in [-0.3, -0.25) is 24.2 Å². The van der Waals surface area contributed by atoms with Crippen LogP contribution in [-0.2, 0) is 25.4 Å². The van der Waals surface area contributed by atoms with Gasteiger partial charge in [-0.2, -0.15) is 0 Å². The van der Waals surface area contributed by atoms with Crippen LogP contribution in [0.15, 0.2) is 46.3 Å². The number of rotatable bonds is 11. The number of aliphatic carboxylic acids is 1. The van der Waals surface area contributed by atoms with Gasteiger partial charge in [0.05, 0.1) is 11.4 Å². The number of aromatic amines is 1. The fourth-order valence-electron chi connectivity index (χ4n) is 3.19. The maximum absolute atomic E-state index is 13.9. The molecular weight excluding hydrogens is 471 g/mol. The molecule has 7 N–H and O–H groups in total. The summed E-state index contributed by atoms with van der Waals surface area (Å²) in [6.07, 6.45) is 1.22. The lowest BCUT2D eigenvalue weighted by Gasteiger charge is -2.29. The average molecular weight is 497 g/mol. The van der Waals surface area contributed by atoms with Crippen molar-refractivity contribution in [1.29, 1.82) is 0 Å². The summed E-state index contributed by atoms with van der Waals surface area (Å²) in [4.78, 5) is 43.8. The van der Waals surface area contributed by atoms with Crippen LogP contribution in [0.25, 0.3) is 0 Å². The molecule has 34 heavy (non-hydrogen) atoms. The topological polar surface area (TPSA) is 201 Å². The lowest BCUT2D eigenvalue weighted by Crippen LogP contribution is -2.45. The van der Waals surface area contributed by atoms with E-state index in [0.29, 0.717) is 0 Å². The fraction of sp³-hybridized carbons (Fsp3) is 0.300. The first-order valence-corrected chi connectivity index (χ1v) is 11.6. The van der Waals surface area contributed by atoms with Gasteiger partial charge in [0, 0.05) is 25.2 Å². The number of nitrogens with one attached hydrogen (secondary N) is 2. The number of amides is 1. The third-order valence-electron chi connectivity index (χ3n) is 4.63. The first-order chi connectivity index (χ1) is 15.9. The molecule has 1 aromatic heterocycles. The summed E-state index contributed by atoms with van der Waals surface area (Å²) in [5.41, 5.74) is 8.57. The zero-order valence-corrected chi connectivity index (χ0v) is 19.0. The molecule has 2 aromatic rings. The number of carboxylic acid groups (broad SMARTS) is 1. The van der Waals surface area contributed by atoms with Gasteiger partial charge in [0.25, 0.3) is 5.56 Å². The Labute approximate surface area is 194 Å². The number of benzene rings is 1. The monoisotopic (exact) mass is 496 g/mol. The molecule has 1 atom stereocenters. The SMILES string of the molecule is CC(=O)N(c1cc[nH]c(=O)c1NS(=O)(=O)Cc1ccccc1F)[C@@H](CCCN=C(N)N)C(=O)O. The van der Waals surface area contributed by atoms with E-state index in [1.165, 1.54) is 24.3 Å². The second kappa shape index (κ2) is 11.3. The third kappa shape index (κ3) is 7.03. The van der Waals surface area contributed by atoms with E-state index in [4.69, 9.17) is 11.5 Å². The largest absolute Gasteiger partial charge is 0.480 e. The Morgan fingerprint density at radius 2 is 1.94 bits per heavy atom. The van der Waals surface area contributed by atoms with Crippen LogP contribution in [0, 0.1) is 5.82 Å². The van der Waals surface area contributed by atoms with Crippen molar-refractivity contribution in [3.63, 3.8) is 0 Å². The molecule has 184 valence electrons. The number of nitrogens with two attached hydrogens (primary N) is 2. The first-order valence-electron chi connectivity index (χ1n) is 9.96. The van der Waals surface area contributed by atoms with Gasteiger partial charge in [0.15, 0.2) is 5.96 Å². The normalized spacial score (nSPS) is 11.9. The Balaban J connectivity index is 2.44. The smallest absolute Gasteiger partial charge is 0.326 e. The number of hydrogen-bond acceptors (Lipinski definition) is 6. The van der Waals surface area contributed by atoms with Crippen molar-refractivity contribution in [3.05, 3.63) is 58.3 Å². The number of anilines is 2. The highest BCUT2D eigenvalue weighted by atomic mass is 32.2. The van der Waals surface area contributed by atoms with Gasteiger partial charge in [-0.1, -0.05) is 18.2 Å². The molecular formula is C20H25FN6O6S. The van der Waals surface area contributed by atoms with Crippen molar-refractivity contribution in [2.24, 2.45) is 16.5 Å². The number of nitrogens with zero attached hydrogens (tertiary/aromatic N) is 2. The minimum atomic E-state index is -4.33. The number of carbonyl (C=O) groups excluding carboxylic acids is 1. The van der Waals surface area contributed by atoms with Gasteiger partial charge in [-0.05, 0) is 25.0 Å². The van der Waals surface area contributed by atoms with Gasteiger partial charge in [-0.25, -0.2) is 17.6 Å². The summed E-state index contributed by atoms with van der Waals surface area (Å²) in [7, 11) is -4.33. The lowest BCUT2D eigenvalue weighted by atomic mass is 10.1. The molecule has 1 heterocycles. The van der Waals surface area contributed by atoms with E-state index in [2.05, 4.69) is 14.7 Å². The van der Waals surface area contributed by atoms with Gasteiger partial charge in [0.2, 0.25) is 15.9 Å². The number of hydrogen-bond donors (Lipinski definition) is 5. The highest BCUT2D eigenvalue weighted by Gasteiger charge is 2.32. The maximum Gasteiger partial charge on any atom is 0.326 e. The second-order valence-electron chi connectivity index (χ2n) is 7.21. The first kappa shape index (κ1) is 26.3. The molecule has 12 nitrogen and oxygen atoms in total. The Morgan fingerprint density at radius 3 is 2.53 bits per heavy atom. The molecule has 0 bridgehead atoms. The number of sulfonamides is 1. The van der Waals surface area contributed by atoms with Crippen LogP contribution in [0.3, 0.4) is 0 Å². The van der Waals surface area contributed by atoms with E-state index in [-0.39, 0.29) is 36.6 Å². The number of carbonyl (C=O) groups is 2. The molecule has 2 rings (SSSR count). The molecule has 0 spiro atoms. The predicted molar refractivity (Wildman–Crippen MR) is 124 cm³/mol. The molecule has 0 fully saturated rings. The van der Waals surface area contributed by atoms with Gasteiger partial charge < -0.3 is 21.6 Å². The Bertz CT molecular complexity index is 1240. The van der Waals surface area contributed by atoms with Crippen molar-refractivity contribution < 1.29 is 27.5 Å². The van der Waals surface area contributed by atoms with Crippen LogP contribution in [0.4, 0.5) is 15.8 Å². The van der Waals surface area contributed by atoms with E-state index in [1.54, 1.807) is 0 Å². The van der Waals surface area contributed by atoms with Crippen molar-refractivity contribution >= 4 is 39.2 Å². The maximum atomic E-state index is 13.9. The fourth-order valence-corrected chi connectivity index (χ4v) is 4.42. The predicted octanol–water partition coefficient (Wildman–Crippen LogP) is 0.316. The van der Waals surface area contributed by atoms with Crippen LogP contribution in [0.5, 0.6) is 0 Å². The zero-order valence-electron chi connectivity index (χ0n) is 18.2. The van der Waals surface area contributed by atoms with Gasteiger partial charge in [-0.15, -0.1) is 0 Å². The van der Waals surface area contributed by atoms with E-state index >= 15 is 0 Å². The third-order valence-corrected chi connectivity index (χ3v) is 5.83. The van der Waals surface area contributed by atoms with Crippen LogP contribution in [0.1, 0.15) is 25.3 Å². The number of aromatic nitrogens is 1. The van der Waals surface area contributed by atoms with Crippen molar-refractivity contribution in [3.8, 4) is 0 Å². The molecule has 0 saturated heterocycles. The van der Waals surface area contributed by atoms with Crippen molar-refractivity contribution in [2.45, 2.75) is 31.6 Å². The zero-order chi connectivity index (χ0) is 25.5. The minimum Gasteiger partial charge on any atom is -0.480 e. The van der Waals surface area contributed by atoms with Gasteiger partial charge >= 0.3 is 5.97 Å². The summed E-state index contributed by atoms with van der Waals surface area (Å²) in [5.74, 6) is -3.88. The van der Waals surface area contributed by atoms with E-state index in [0.717, 1.165) is 24.1 Å². The molecule has 0 saturated carbocycles. The second-order valence-corrected chi connectivity index (χ2v) is 8.93. The lowest BCUT2D eigenvalue weighted by molar-refractivity contribution is -0.140. The number of halogens is 1. The number of pyridine rings is 1.